The highest BCUT2D eigenvalue weighted by atomic mass is 19.1. The molecule has 0 bridgehead atoms. The molecule has 2 aliphatic rings. The maximum Gasteiger partial charge on any atom is 0.259 e. The van der Waals surface area contributed by atoms with E-state index in [1.807, 2.05) is 6.07 Å². The van der Waals surface area contributed by atoms with Crippen molar-refractivity contribution in [2.75, 3.05) is 6.61 Å². The Morgan fingerprint density at radius 1 is 1.08 bits per heavy atom. The molecule has 0 radical (unpaired) electrons. The summed E-state index contributed by atoms with van der Waals surface area (Å²) in [6.07, 6.45) is -5.68. The van der Waals surface area contributed by atoms with Gasteiger partial charge in [0.2, 0.25) is 5.91 Å². The molecule has 0 spiro atoms. The highest BCUT2D eigenvalue weighted by Crippen LogP contribution is 2.33. The van der Waals surface area contributed by atoms with Gasteiger partial charge < -0.3 is 24.8 Å². The fourth-order valence-corrected chi connectivity index (χ4v) is 4.55. The predicted molar refractivity (Wildman–Crippen MR) is 124 cm³/mol. The molecule has 12 heteroatoms. The molecule has 0 unspecified atom stereocenters. The van der Waals surface area contributed by atoms with E-state index in [0.29, 0.717) is 5.56 Å². The molecule has 6 atom stereocenters. The number of halogens is 1. The summed E-state index contributed by atoms with van der Waals surface area (Å²) < 4.78 is 26.1. The van der Waals surface area contributed by atoms with Gasteiger partial charge in [0.15, 0.2) is 6.29 Å². The van der Waals surface area contributed by atoms with Gasteiger partial charge in [-0.15, -0.1) is 5.10 Å². The number of amides is 2. The van der Waals surface area contributed by atoms with Crippen molar-refractivity contribution in [1.29, 1.82) is 0 Å². The Hall–Kier alpha value is -3.55. The lowest BCUT2D eigenvalue weighted by Gasteiger charge is -2.42. The van der Waals surface area contributed by atoms with Crippen LogP contribution in [0.1, 0.15) is 18.0 Å². The number of aliphatic hydroxyl groups is 3. The molecule has 3 heterocycles. The average molecular weight is 512 g/mol. The monoisotopic (exact) mass is 512 g/mol. The van der Waals surface area contributed by atoms with E-state index in [-0.39, 0.29) is 18.7 Å². The number of likely N-dealkylation sites (tertiary alicyclic amines) is 1. The summed E-state index contributed by atoms with van der Waals surface area (Å²) in [5.74, 6) is -1.48. The van der Waals surface area contributed by atoms with Crippen LogP contribution in [0, 0.1) is 5.82 Å². The van der Waals surface area contributed by atoms with Gasteiger partial charge in [-0.2, -0.15) is 0 Å². The molecule has 194 valence electrons. The number of hydrogen-bond donors (Lipinski definition) is 3. The van der Waals surface area contributed by atoms with E-state index in [1.54, 1.807) is 30.3 Å². The van der Waals surface area contributed by atoms with Crippen molar-refractivity contribution in [3.05, 3.63) is 72.2 Å². The maximum absolute atomic E-state index is 13.6. The molecule has 2 saturated heterocycles. The summed E-state index contributed by atoms with van der Waals surface area (Å²) in [6, 6.07) is 13.5. The smallest absolute Gasteiger partial charge is 0.259 e. The van der Waals surface area contributed by atoms with Crippen LogP contribution in [0.5, 0.6) is 0 Å². The van der Waals surface area contributed by atoms with Crippen LogP contribution in [0.25, 0.3) is 11.3 Å². The first-order valence-corrected chi connectivity index (χ1v) is 11.7. The Kier molecular flexibility index (Phi) is 7.09. The van der Waals surface area contributed by atoms with Gasteiger partial charge in [-0.3, -0.25) is 14.5 Å². The summed E-state index contributed by atoms with van der Waals surface area (Å²) in [5.41, 5.74) is 1.49. The van der Waals surface area contributed by atoms with Crippen LogP contribution in [0.4, 0.5) is 4.39 Å². The van der Waals surface area contributed by atoms with Gasteiger partial charge >= 0.3 is 0 Å². The van der Waals surface area contributed by atoms with Gasteiger partial charge in [0.1, 0.15) is 42.0 Å². The predicted octanol–water partition coefficient (Wildman–Crippen LogP) is 0.409. The van der Waals surface area contributed by atoms with E-state index in [9.17, 15) is 29.3 Å². The quantitative estimate of drug-likeness (QED) is 0.383. The molecule has 3 N–H and O–H groups in total. The minimum Gasteiger partial charge on any atom is -0.394 e. The van der Waals surface area contributed by atoms with Crippen LogP contribution in [-0.2, 0) is 25.6 Å². The number of hydrogen-bond acceptors (Lipinski definition) is 9. The fourth-order valence-electron chi connectivity index (χ4n) is 4.55. The highest BCUT2D eigenvalue weighted by Gasteiger charge is 2.49. The van der Waals surface area contributed by atoms with Crippen LogP contribution in [0.15, 0.2) is 60.8 Å². The van der Waals surface area contributed by atoms with Crippen molar-refractivity contribution in [3.63, 3.8) is 0 Å². The van der Waals surface area contributed by atoms with Crippen molar-refractivity contribution in [2.45, 2.75) is 49.7 Å². The molecule has 2 fully saturated rings. The zero-order chi connectivity index (χ0) is 26.1. The van der Waals surface area contributed by atoms with Gasteiger partial charge in [-0.1, -0.05) is 47.7 Å². The molecule has 1 aromatic heterocycles. The van der Waals surface area contributed by atoms with Gasteiger partial charge in [0.05, 0.1) is 25.8 Å². The number of aliphatic hydroxyl groups excluding tert-OH is 3. The standard InChI is InChI=1S/C25H25FN4O7/c26-16-8-4-7-15(9-16)17-12-30(28-27-17)21-22(33)19(13-31)37-25(23(21)34)36-18-10-20(32)29(24(18)35)11-14-5-2-1-3-6-14/h1-9,12,18-19,21-23,25,31,33-34H,10-11,13H2/t18-,19-,21+,22+,23-,25-/m1/s1. The fraction of sp³-hybridized carbons (Fsp3) is 0.360. The van der Waals surface area contributed by atoms with Crippen molar-refractivity contribution in [2.24, 2.45) is 0 Å². The number of imide groups is 1. The Balaban J connectivity index is 1.34. The second-order valence-electron chi connectivity index (χ2n) is 8.92. The number of carbonyl (C=O) groups excluding carboxylic acids is 2. The lowest BCUT2D eigenvalue weighted by atomic mass is 9.96. The Morgan fingerprint density at radius 2 is 1.86 bits per heavy atom. The summed E-state index contributed by atoms with van der Waals surface area (Å²) in [6.45, 7) is -0.539. The van der Waals surface area contributed by atoms with E-state index >= 15 is 0 Å². The molecular weight excluding hydrogens is 487 g/mol. The Bertz CT molecular complexity index is 1270. The van der Waals surface area contributed by atoms with E-state index in [2.05, 4.69) is 10.3 Å². The Labute approximate surface area is 210 Å². The van der Waals surface area contributed by atoms with Crippen LogP contribution in [0.2, 0.25) is 0 Å². The Morgan fingerprint density at radius 3 is 2.59 bits per heavy atom. The lowest BCUT2D eigenvalue weighted by Crippen LogP contribution is -2.57. The van der Waals surface area contributed by atoms with Crippen molar-refractivity contribution in [3.8, 4) is 11.3 Å². The second-order valence-corrected chi connectivity index (χ2v) is 8.92. The maximum atomic E-state index is 13.6. The molecule has 0 aliphatic carbocycles. The molecule has 2 aliphatic heterocycles. The van der Waals surface area contributed by atoms with Crippen LogP contribution < -0.4 is 0 Å². The van der Waals surface area contributed by atoms with E-state index < -0.39 is 61.0 Å². The van der Waals surface area contributed by atoms with E-state index in [0.717, 1.165) is 10.5 Å². The summed E-state index contributed by atoms with van der Waals surface area (Å²) in [7, 11) is 0. The number of benzene rings is 2. The number of aromatic nitrogens is 3. The van der Waals surface area contributed by atoms with Gasteiger partial charge in [-0.05, 0) is 17.7 Å². The third-order valence-electron chi connectivity index (χ3n) is 6.47. The summed E-state index contributed by atoms with van der Waals surface area (Å²) in [5, 5.41) is 39.6. The van der Waals surface area contributed by atoms with E-state index in [4.69, 9.17) is 9.47 Å². The molecule has 37 heavy (non-hydrogen) atoms. The van der Waals surface area contributed by atoms with Crippen LogP contribution >= 0.6 is 0 Å². The van der Waals surface area contributed by atoms with Crippen molar-refractivity contribution in [1.82, 2.24) is 19.9 Å². The van der Waals surface area contributed by atoms with Crippen molar-refractivity contribution >= 4 is 11.8 Å². The minimum absolute atomic E-state index is 0.0782. The zero-order valence-electron chi connectivity index (χ0n) is 19.5. The third kappa shape index (κ3) is 5.02. The number of ether oxygens (including phenoxy) is 2. The average Bonchev–Trinajstić information content (AvgIpc) is 3.47. The summed E-state index contributed by atoms with van der Waals surface area (Å²) >= 11 is 0. The molecular formula is C25H25FN4O7. The minimum atomic E-state index is -1.55. The number of nitrogens with zero attached hydrogens (tertiary/aromatic N) is 4. The largest absolute Gasteiger partial charge is 0.394 e. The van der Waals surface area contributed by atoms with Crippen molar-refractivity contribution < 1.29 is 38.8 Å². The SMILES string of the molecule is O=C1C[C@@H](O[C@@H]2O[C@H](CO)[C@H](O)[C@H](n3cc(-c4cccc(F)c4)nn3)[C@H]2O)C(=O)N1Cc1ccccc1. The molecule has 0 saturated carbocycles. The molecule has 5 rings (SSSR count). The van der Waals surface area contributed by atoms with Gasteiger partial charge in [0, 0.05) is 5.56 Å². The normalized spacial score (nSPS) is 28.2. The molecule has 2 aromatic carbocycles. The van der Waals surface area contributed by atoms with E-state index in [1.165, 1.54) is 29.1 Å². The third-order valence-corrected chi connectivity index (χ3v) is 6.47. The van der Waals surface area contributed by atoms with Gasteiger partial charge in [0.25, 0.3) is 5.91 Å². The zero-order valence-corrected chi connectivity index (χ0v) is 19.5. The van der Waals surface area contributed by atoms with Crippen LogP contribution in [-0.4, -0.2) is 84.3 Å². The summed E-state index contributed by atoms with van der Waals surface area (Å²) in [4.78, 5) is 26.6. The topological polar surface area (TPSA) is 147 Å². The molecule has 2 amide bonds. The molecule has 3 aromatic rings. The first-order valence-electron chi connectivity index (χ1n) is 11.7. The molecule has 11 nitrogen and oxygen atoms in total. The second kappa shape index (κ2) is 10.4. The highest BCUT2D eigenvalue weighted by molar-refractivity contribution is 6.04. The first kappa shape index (κ1) is 25.1. The van der Waals surface area contributed by atoms with Crippen LogP contribution in [0.3, 0.4) is 0 Å². The van der Waals surface area contributed by atoms with Gasteiger partial charge in [-0.25, -0.2) is 9.07 Å². The number of carbonyl (C=O) groups is 2. The number of rotatable bonds is 7. The lowest BCUT2D eigenvalue weighted by molar-refractivity contribution is -0.295. The first-order chi connectivity index (χ1) is 17.9.